The highest BCUT2D eigenvalue weighted by Crippen LogP contribution is 2.17. The summed E-state index contributed by atoms with van der Waals surface area (Å²) in [6, 6.07) is 18.2. The number of ether oxygens (including phenoxy) is 1. The van der Waals surface area contributed by atoms with Crippen molar-refractivity contribution in [1.82, 2.24) is 10.3 Å². The van der Waals surface area contributed by atoms with Crippen molar-refractivity contribution in [3.05, 3.63) is 76.9 Å². The highest BCUT2D eigenvalue weighted by atomic mass is 35.5. The molecule has 0 unspecified atom stereocenters. The molecule has 3 aromatic rings. The fourth-order valence-electron chi connectivity index (χ4n) is 2.48. The Morgan fingerprint density at radius 2 is 1.85 bits per heavy atom. The van der Waals surface area contributed by atoms with Gasteiger partial charge in [0.05, 0.1) is 11.1 Å². The van der Waals surface area contributed by atoms with Crippen molar-refractivity contribution in [1.29, 1.82) is 0 Å². The first-order valence-electron chi connectivity index (χ1n) is 8.16. The first-order chi connectivity index (χ1) is 12.6. The minimum absolute atomic E-state index is 0.315. The van der Waals surface area contributed by atoms with Gasteiger partial charge >= 0.3 is 5.97 Å². The summed E-state index contributed by atoms with van der Waals surface area (Å²) in [6.07, 6.45) is 0.723. The zero-order valence-corrected chi connectivity index (χ0v) is 14.7. The zero-order valence-electron chi connectivity index (χ0n) is 13.9. The fraction of sp³-hybridized carbons (Fsp3) is 0.150. The van der Waals surface area contributed by atoms with Crippen molar-refractivity contribution in [2.45, 2.75) is 6.42 Å². The van der Waals surface area contributed by atoms with Gasteiger partial charge in [0.15, 0.2) is 6.61 Å². The maximum atomic E-state index is 12.1. The summed E-state index contributed by atoms with van der Waals surface area (Å²) in [6.45, 7) is 0.174. The lowest BCUT2D eigenvalue weighted by atomic mass is 10.1. The molecule has 0 fully saturated rings. The molecule has 1 aromatic heterocycles. The average molecular weight is 369 g/mol. The minimum Gasteiger partial charge on any atom is -0.452 e. The second kappa shape index (κ2) is 8.45. The number of rotatable bonds is 6. The monoisotopic (exact) mass is 368 g/mol. The van der Waals surface area contributed by atoms with Crippen molar-refractivity contribution >= 4 is 34.4 Å². The second-order valence-electron chi connectivity index (χ2n) is 5.70. The van der Waals surface area contributed by atoms with Gasteiger partial charge < -0.3 is 10.1 Å². The van der Waals surface area contributed by atoms with Crippen molar-refractivity contribution in [2.24, 2.45) is 0 Å². The van der Waals surface area contributed by atoms with Crippen molar-refractivity contribution in [3.8, 4) is 0 Å². The maximum absolute atomic E-state index is 12.1. The SMILES string of the molecule is O=C(COC(=O)c1ccc2nc(Cl)ccc2c1)NCCc1ccccc1. The van der Waals surface area contributed by atoms with E-state index in [1.807, 2.05) is 30.3 Å². The lowest BCUT2D eigenvalue weighted by molar-refractivity contribution is -0.124. The molecule has 0 saturated heterocycles. The molecule has 0 saturated carbocycles. The van der Waals surface area contributed by atoms with Gasteiger partial charge in [-0.05, 0) is 42.3 Å². The van der Waals surface area contributed by atoms with Crippen LogP contribution in [-0.4, -0.2) is 30.0 Å². The quantitative estimate of drug-likeness (QED) is 0.535. The predicted molar refractivity (Wildman–Crippen MR) is 100 cm³/mol. The Balaban J connectivity index is 1.48. The molecule has 26 heavy (non-hydrogen) atoms. The van der Waals surface area contributed by atoms with Crippen LogP contribution in [0.25, 0.3) is 10.9 Å². The largest absolute Gasteiger partial charge is 0.452 e. The Bertz CT molecular complexity index is 929. The van der Waals surface area contributed by atoms with Gasteiger partial charge in [-0.1, -0.05) is 41.9 Å². The summed E-state index contributed by atoms with van der Waals surface area (Å²) in [4.78, 5) is 28.1. The third kappa shape index (κ3) is 4.80. The van der Waals surface area contributed by atoms with Gasteiger partial charge in [0.25, 0.3) is 5.91 Å². The summed E-state index contributed by atoms with van der Waals surface area (Å²) < 4.78 is 5.07. The summed E-state index contributed by atoms with van der Waals surface area (Å²) in [5.41, 5.74) is 2.18. The first kappa shape index (κ1) is 17.9. The molecule has 1 heterocycles. The van der Waals surface area contributed by atoms with Gasteiger partial charge in [-0.15, -0.1) is 0 Å². The lowest BCUT2D eigenvalue weighted by Crippen LogP contribution is -2.30. The maximum Gasteiger partial charge on any atom is 0.338 e. The molecule has 0 spiro atoms. The molecule has 132 valence electrons. The Morgan fingerprint density at radius 3 is 2.65 bits per heavy atom. The van der Waals surface area contributed by atoms with E-state index in [2.05, 4.69) is 10.3 Å². The van der Waals surface area contributed by atoms with E-state index in [4.69, 9.17) is 16.3 Å². The number of fused-ring (bicyclic) bond motifs is 1. The van der Waals surface area contributed by atoms with Gasteiger partial charge in [-0.25, -0.2) is 9.78 Å². The number of hydrogen-bond donors (Lipinski definition) is 1. The Morgan fingerprint density at radius 1 is 1.04 bits per heavy atom. The molecule has 6 heteroatoms. The molecule has 0 radical (unpaired) electrons. The summed E-state index contributed by atoms with van der Waals surface area (Å²) in [7, 11) is 0. The van der Waals surface area contributed by atoms with Crippen LogP contribution < -0.4 is 5.32 Å². The molecule has 5 nitrogen and oxygen atoms in total. The lowest BCUT2D eigenvalue weighted by Gasteiger charge is -2.07. The molecule has 2 aromatic carbocycles. The molecule has 1 N–H and O–H groups in total. The van der Waals surface area contributed by atoms with Crippen LogP contribution >= 0.6 is 11.6 Å². The van der Waals surface area contributed by atoms with E-state index >= 15 is 0 Å². The third-order valence-corrected chi connectivity index (χ3v) is 4.01. The average Bonchev–Trinajstić information content (AvgIpc) is 2.66. The van der Waals surface area contributed by atoms with Crippen LogP contribution in [0.15, 0.2) is 60.7 Å². The normalized spacial score (nSPS) is 10.5. The van der Waals surface area contributed by atoms with Crippen molar-refractivity contribution in [3.63, 3.8) is 0 Å². The number of hydrogen-bond acceptors (Lipinski definition) is 4. The van der Waals surface area contributed by atoms with Gasteiger partial charge in [0.1, 0.15) is 5.15 Å². The van der Waals surface area contributed by atoms with Gasteiger partial charge in [0.2, 0.25) is 0 Å². The molecule has 0 bridgehead atoms. The Hall–Kier alpha value is -2.92. The number of nitrogens with one attached hydrogen (secondary N) is 1. The smallest absolute Gasteiger partial charge is 0.338 e. The number of nitrogens with zero attached hydrogens (tertiary/aromatic N) is 1. The standard InChI is InChI=1S/C20H17ClN2O3/c21-18-9-7-15-12-16(6-8-17(15)23-18)20(25)26-13-19(24)22-11-10-14-4-2-1-3-5-14/h1-9,12H,10-11,13H2,(H,22,24). The molecule has 0 atom stereocenters. The predicted octanol–water partition coefficient (Wildman–Crippen LogP) is 3.40. The summed E-state index contributed by atoms with van der Waals surface area (Å²) >= 11 is 5.84. The van der Waals surface area contributed by atoms with Gasteiger partial charge in [-0.3, -0.25) is 4.79 Å². The van der Waals surface area contributed by atoms with Crippen LogP contribution in [0.1, 0.15) is 15.9 Å². The van der Waals surface area contributed by atoms with Crippen LogP contribution in [-0.2, 0) is 16.0 Å². The van der Waals surface area contributed by atoms with E-state index in [0.717, 1.165) is 17.4 Å². The van der Waals surface area contributed by atoms with E-state index in [0.29, 0.717) is 22.8 Å². The second-order valence-corrected chi connectivity index (χ2v) is 6.09. The van der Waals surface area contributed by atoms with Crippen LogP contribution in [0.4, 0.5) is 0 Å². The molecule has 0 aliphatic heterocycles. The minimum atomic E-state index is -0.556. The van der Waals surface area contributed by atoms with Crippen LogP contribution in [0, 0.1) is 0 Å². The van der Waals surface area contributed by atoms with Gasteiger partial charge in [0, 0.05) is 11.9 Å². The van der Waals surface area contributed by atoms with Crippen LogP contribution in [0.5, 0.6) is 0 Å². The number of carbonyl (C=O) groups is 2. The Kier molecular flexibility index (Phi) is 5.81. The topological polar surface area (TPSA) is 68.3 Å². The fourth-order valence-corrected chi connectivity index (χ4v) is 2.64. The molecule has 0 aliphatic carbocycles. The van der Waals surface area contributed by atoms with E-state index in [-0.39, 0.29) is 12.5 Å². The number of esters is 1. The van der Waals surface area contributed by atoms with E-state index in [1.165, 1.54) is 0 Å². The summed E-state index contributed by atoms with van der Waals surface area (Å²) in [5, 5.41) is 3.90. The molecule has 1 amide bonds. The molecule has 3 rings (SSSR count). The van der Waals surface area contributed by atoms with Crippen LogP contribution in [0.2, 0.25) is 5.15 Å². The number of benzene rings is 2. The van der Waals surface area contributed by atoms with Crippen LogP contribution in [0.3, 0.4) is 0 Å². The van der Waals surface area contributed by atoms with E-state index in [9.17, 15) is 9.59 Å². The number of pyridine rings is 1. The van der Waals surface area contributed by atoms with Crippen molar-refractivity contribution in [2.75, 3.05) is 13.2 Å². The highest BCUT2D eigenvalue weighted by Gasteiger charge is 2.11. The van der Waals surface area contributed by atoms with Gasteiger partial charge in [-0.2, -0.15) is 0 Å². The first-order valence-corrected chi connectivity index (χ1v) is 8.54. The highest BCUT2D eigenvalue weighted by molar-refractivity contribution is 6.29. The summed E-state index contributed by atoms with van der Waals surface area (Å²) in [5.74, 6) is -0.886. The number of aromatic nitrogens is 1. The number of halogens is 1. The van der Waals surface area contributed by atoms with Crippen molar-refractivity contribution < 1.29 is 14.3 Å². The third-order valence-electron chi connectivity index (χ3n) is 3.80. The molecular formula is C20H17ClN2O3. The molecular weight excluding hydrogens is 352 g/mol. The molecule has 0 aliphatic rings. The van der Waals surface area contributed by atoms with E-state index < -0.39 is 5.97 Å². The Labute approximate surface area is 156 Å². The number of amides is 1. The van der Waals surface area contributed by atoms with E-state index in [1.54, 1.807) is 30.3 Å². The zero-order chi connectivity index (χ0) is 18.4. The number of carbonyl (C=O) groups excluding carboxylic acids is 2.